The lowest BCUT2D eigenvalue weighted by atomic mass is 9.97. The van der Waals surface area contributed by atoms with Crippen molar-refractivity contribution in [3.63, 3.8) is 0 Å². The number of thiophene rings is 1. The Kier molecular flexibility index (Phi) is 4.70. The highest BCUT2D eigenvalue weighted by Gasteiger charge is 2.26. The Morgan fingerprint density at radius 2 is 2.00 bits per heavy atom. The smallest absolute Gasteiger partial charge is 0.248 e. The first-order valence-corrected chi connectivity index (χ1v) is 9.14. The Morgan fingerprint density at radius 3 is 2.74 bits per heavy atom. The van der Waals surface area contributed by atoms with Crippen molar-refractivity contribution >= 4 is 11.3 Å². The SMILES string of the molecule is c1cc(-c2nnc(C3CCN(CCC4OCCO4)CC3)o2)cs1. The van der Waals surface area contributed by atoms with Gasteiger partial charge in [-0.25, -0.2) is 0 Å². The van der Waals surface area contributed by atoms with E-state index in [-0.39, 0.29) is 6.29 Å². The van der Waals surface area contributed by atoms with Gasteiger partial charge in [-0.1, -0.05) is 0 Å². The van der Waals surface area contributed by atoms with Crippen molar-refractivity contribution in [2.24, 2.45) is 0 Å². The molecule has 2 aromatic heterocycles. The monoisotopic (exact) mass is 335 g/mol. The van der Waals surface area contributed by atoms with Crippen molar-refractivity contribution in [1.82, 2.24) is 15.1 Å². The van der Waals surface area contributed by atoms with Crippen LogP contribution in [0.25, 0.3) is 11.5 Å². The first kappa shape index (κ1) is 15.3. The largest absolute Gasteiger partial charge is 0.420 e. The van der Waals surface area contributed by atoms with Crippen molar-refractivity contribution < 1.29 is 13.9 Å². The van der Waals surface area contributed by atoms with Crippen molar-refractivity contribution in [3.05, 3.63) is 22.7 Å². The first-order chi connectivity index (χ1) is 11.4. The van der Waals surface area contributed by atoms with Crippen LogP contribution in [0.4, 0.5) is 0 Å². The molecule has 4 rings (SSSR count). The summed E-state index contributed by atoms with van der Waals surface area (Å²) in [6.07, 6.45) is 3.08. The summed E-state index contributed by atoms with van der Waals surface area (Å²) >= 11 is 1.64. The zero-order chi connectivity index (χ0) is 15.5. The van der Waals surface area contributed by atoms with E-state index in [9.17, 15) is 0 Å². The van der Waals surface area contributed by atoms with E-state index >= 15 is 0 Å². The Balaban J connectivity index is 1.27. The van der Waals surface area contributed by atoms with Gasteiger partial charge in [-0.2, -0.15) is 11.3 Å². The lowest BCUT2D eigenvalue weighted by Crippen LogP contribution is -2.35. The van der Waals surface area contributed by atoms with E-state index in [1.54, 1.807) is 11.3 Å². The van der Waals surface area contributed by atoms with E-state index < -0.39 is 0 Å². The summed E-state index contributed by atoms with van der Waals surface area (Å²) in [5.74, 6) is 1.80. The Bertz CT molecular complexity index is 602. The van der Waals surface area contributed by atoms with Crippen molar-refractivity contribution in [1.29, 1.82) is 0 Å². The second kappa shape index (κ2) is 7.09. The van der Waals surface area contributed by atoms with E-state index in [0.29, 0.717) is 11.8 Å². The minimum Gasteiger partial charge on any atom is -0.420 e. The lowest BCUT2D eigenvalue weighted by Gasteiger charge is -2.30. The molecule has 4 heterocycles. The number of piperidine rings is 1. The summed E-state index contributed by atoms with van der Waals surface area (Å²) in [5, 5.41) is 12.5. The maximum absolute atomic E-state index is 5.87. The second-order valence-corrected chi connectivity index (χ2v) is 6.81. The van der Waals surface area contributed by atoms with E-state index in [0.717, 1.165) is 63.6 Å². The molecule has 0 spiro atoms. The average molecular weight is 335 g/mol. The molecule has 2 aliphatic rings. The van der Waals surface area contributed by atoms with Crippen molar-refractivity contribution in [2.75, 3.05) is 32.8 Å². The number of nitrogens with zero attached hydrogens (tertiary/aromatic N) is 3. The van der Waals surface area contributed by atoms with Crippen LogP contribution in [-0.4, -0.2) is 54.2 Å². The summed E-state index contributed by atoms with van der Waals surface area (Å²) < 4.78 is 16.9. The molecule has 0 bridgehead atoms. The van der Waals surface area contributed by atoms with E-state index in [1.165, 1.54) is 0 Å². The molecule has 0 N–H and O–H groups in total. The van der Waals surface area contributed by atoms with Crippen LogP contribution >= 0.6 is 11.3 Å². The van der Waals surface area contributed by atoms with Crippen LogP contribution < -0.4 is 0 Å². The fraction of sp³-hybridized carbons (Fsp3) is 0.625. The molecule has 0 aliphatic carbocycles. The molecular weight excluding hydrogens is 314 g/mol. The number of hydrogen-bond donors (Lipinski definition) is 0. The molecule has 0 radical (unpaired) electrons. The van der Waals surface area contributed by atoms with Gasteiger partial charge in [0.25, 0.3) is 0 Å². The molecule has 2 aromatic rings. The fourth-order valence-corrected chi connectivity index (χ4v) is 3.80. The average Bonchev–Trinajstić information content (AvgIpc) is 3.35. The highest BCUT2D eigenvalue weighted by atomic mass is 32.1. The molecule has 2 saturated heterocycles. The lowest BCUT2D eigenvalue weighted by molar-refractivity contribution is -0.0524. The van der Waals surface area contributed by atoms with Crippen LogP contribution in [0.5, 0.6) is 0 Å². The topological polar surface area (TPSA) is 60.6 Å². The van der Waals surface area contributed by atoms with Gasteiger partial charge < -0.3 is 18.8 Å². The van der Waals surface area contributed by atoms with Crippen molar-refractivity contribution in [2.45, 2.75) is 31.5 Å². The standard InChI is InChI=1S/C16H21N3O3S/c1-5-19(7-3-14-20-8-9-21-14)6-2-12(1)15-17-18-16(22-15)13-4-10-23-11-13/h4,10-12,14H,1-3,5-9H2. The van der Waals surface area contributed by atoms with Crippen LogP contribution in [0.1, 0.15) is 31.1 Å². The number of rotatable bonds is 5. The molecule has 23 heavy (non-hydrogen) atoms. The molecule has 6 nitrogen and oxygen atoms in total. The summed E-state index contributed by atoms with van der Waals surface area (Å²) in [7, 11) is 0. The molecule has 7 heteroatoms. The van der Waals surface area contributed by atoms with Crippen LogP contribution in [-0.2, 0) is 9.47 Å². The van der Waals surface area contributed by atoms with Gasteiger partial charge in [0.1, 0.15) is 0 Å². The van der Waals surface area contributed by atoms with Gasteiger partial charge in [0.05, 0.1) is 13.2 Å². The third-order valence-electron chi connectivity index (χ3n) is 4.52. The Labute approximate surface area is 139 Å². The predicted octanol–water partition coefficient (Wildman–Crippen LogP) is 2.74. The normalized spacial score (nSPS) is 21.2. The van der Waals surface area contributed by atoms with E-state index in [1.807, 2.05) is 16.8 Å². The van der Waals surface area contributed by atoms with Gasteiger partial charge >= 0.3 is 0 Å². The second-order valence-electron chi connectivity index (χ2n) is 6.03. The fourth-order valence-electron chi connectivity index (χ4n) is 3.17. The maximum atomic E-state index is 5.87. The Hall–Kier alpha value is -1.28. The maximum Gasteiger partial charge on any atom is 0.248 e. The predicted molar refractivity (Wildman–Crippen MR) is 86.3 cm³/mol. The van der Waals surface area contributed by atoms with Gasteiger partial charge in [-0.3, -0.25) is 0 Å². The van der Waals surface area contributed by atoms with Crippen molar-refractivity contribution in [3.8, 4) is 11.5 Å². The molecule has 0 amide bonds. The van der Waals surface area contributed by atoms with Gasteiger partial charge in [0.15, 0.2) is 6.29 Å². The molecular formula is C16H21N3O3S. The molecule has 124 valence electrons. The zero-order valence-corrected chi connectivity index (χ0v) is 13.8. The summed E-state index contributed by atoms with van der Waals surface area (Å²) in [6, 6.07) is 2.01. The number of likely N-dealkylation sites (tertiary alicyclic amines) is 1. The third kappa shape index (κ3) is 3.63. The summed E-state index contributed by atoms with van der Waals surface area (Å²) in [5.41, 5.74) is 1.02. The molecule has 2 fully saturated rings. The van der Waals surface area contributed by atoms with Gasteiger partial charge in [0, 0.05) is 29.8 Å². The number of ether oxygens (including phenoxy) is 2. The Morgan fingerprint density at radius 1 is 1.17 bits per heavy atom. The van der Waals surface area contributed by atoms with Gasteiger partial charge in [0.2, 0.25) is 11.8 Å². The highest BCUT2D eigenvalue weighted by Crippen LogP contribution is 2.30. The van der Waals surface area contributed by atoms with Crippen LogP contribution in [0, 0.1) is 0 Å². The quantitative estimate of drug-likeness (QED) is 0.837. The third-order valence-corrected chi connectivity index (χ3v) is 5.20. The molecule has 0 saturated carbocycles. The first-order valence-electron chi connectivity index (χ1n) is 8.20. The zero-order valence-electron chi connectivity index (χ0n) is 13.0. The summed E-state index contributed by atoms with van der Waals surface area (Å²) in [4.78, 5) is 2.47. The molecule has 0 atom stereocenters. The number of hydrogen-bond acceptors (Lipinski definition) is 7. The molecule has 0 unspecified atom stereocenters. The van der Waals surface area contributed by atoms with E-state index in [4.69, 9.17) is 13.9 Å². The van der Waals surface area contributed by atoms with Gasteiger partial charge in [-0.05, 0) is 37.4 Å². The van der Waals surface area contributed by atoms with E-state index in [2.05, 4.69) is 15.1 Å². The van der Waals surface area contributed by atoms with Crippen LogP contribution in [0.3, 0.4) is 0 Å². The highest BCUT2D eigenvalue weighted by molar-refractivity contribution is 7.08. The number of aromatic nitrogens is 2. The minimum atomic E-state index is -0.00293. The van der Waals surface area contributed by atoms with Crippen LogP contribution in [0.2, 0.25) is 0 Å². The van der Waals surface area contributed by atoms with Gasteiger partial charge in [-0.15, -0.1) is 10.2 Å². The van der Waals surface area contributed by atoms with Crippen LogP contribution in [0.15, 0.2) is 21.2 Å². The summed E-state index contributed by atoms with van der Waals surface area (Å²) in [6.45, 7) is 4.62. The molecule has 2 aliphatic heterocycles. The molecule has 0 aromatic carbocycles. The minimum absolute atomic E-state index is 0.00293.